The molecule has 0 radical (unpaired) electrons. The lowest BCUT2D eigenvalue weighted by Crippen LogP contribution is -2.47. The SMILES string of the molecule is O=S(CCN1CCN(c2ccncc2)CC1)C(c1ccc(F)cc1)c1ccc(F)cc1. The van der Waals surface area contributed by atoms with Crippen LogP contribution in [0.5, 0.6) is 0 Å². The summed E-state index contributed by atoms with van der Waals surface area (Å²) < 4.78 is 40.1. The number of hydrogen-bond acceptors (Lipinski definition) is 4. The highest BCUT2D eigenvalue weighted by atomic mass is 32.2. The predicted molar refractivity (Wildman–Crippen MR) is 121 cm³/mol. The minimum Gasteiger partial charge on any atom is -0.369 e. The smallest absolute Gasteiger partial charge is 0.123 e. The van der Waals surface area contributed by atoms with E-state index in [9.17, 15) is 13.0 Å². The molecular formula is C24H25F2N3OS. The van der Waals surface area contributed by atoms with Gasteiger partial charge in [-0.3, -0.25) is 14.1 Å². The number of pyridine rings is 1. The third kappa shape index (κ3) is 5.54. The van der Waals surface area contributed by atoms with Crippen LogP contribution in [0.3, 0.4) is 0 Å². The van der Waals surface area contributed by atoms with Crippen LogP contribution >= 0.6 is 0 Å². The molecule has 7 heteroatoms. The number of aromatic nitrogens is 1. The summed E-state index contributed by atoms with van der Waals surface area (Å²) in [6.07, 6.45) is 3.60. The van der Waals surface area contributed by atoms with Crippen LogP contribution in [0.2, 0.25) is 0 Å². The largest absolute Gasteiger partial charge is 0.369 e. The van der Waals surface area contributed by atoms with E-state index in [1.807, 2.05) is 12.1 Å². The topological polar surface area (TPSA) is 36.4 Å². The molecule has 0 aliphatic carbocycles. The van der Waals surface area contributed by atoms with E-state index in [2.05, 4.69) is 14.8 Å². The maximum Gasteiger partial charge on any atom is 0.123 e. The van der Waals surface area contributed by atoms with Gasteiger partial charge < -0.3 is 4.90 Å². The first-order valence-electron chi connectivity index (χ1n) is 10.4. The molecule has 31 heavy (non-hydrogen) atoms. The van der Waals surface area contributed by atoms with Gasteiger partial charge in [-0.1, -0.05) is 24.3 Å². The highest BCUT2D eigenvalue weighted by Gasteiger charge is 2.23. The molecule has 0 N–H and O–H groups in total. The third-order valence-corrected chi connectivity index (χ3v) is 7.27. The molecule has 1 fully saturated rings. The number of anilines is 1. The molecular weight excluding hydrogens is 416 g/mol. The maximum absolute atomic E-state index is 13.4. The summed E-state index contributed by atoms with van der Waals surface area (Å²) in [4.78, 5) is 8.72. The summed E-state index contributed by atoms with van der Waals surface area (Å²) in [5.74, 6) is -0.173. The maximum atomic E-state index is 13.4. The molecule has 0 amide bonds. The van der Waals surface area contributed by atoms with Gasteiger partial charge in [-0.05, 0) is 47.5 Å². The van der Waals surface area contributed by atoms with Gasteiger partial charge in [0, 0.05) is 67.4 Å². The first-order chi connectivity index (χ1) is 15.1. The Morgan fingerprint density at radius 1 is 0.806 bits per heavy atom. The van der Waals surface area contributed by atoms with Crippen molar-refractivity contribution in [3.8, 4) is 0 Å². The van der Waals surface area contributed by atoms with Crippen molar-refractivity contribution >= 4 is 16.5 Å². The van der Waals surface area contributed by atoms with Gasteiger partial charge in [0.25, 0.3) is 0 Å². The van der Waals surface area contributed by atoms with E-state index in [0.717, 1.165) is 43.9 Å². The Bertz CT molecular complexity index is 946. The van der Waals surface area contributed by atoms with E-state index in [0.29, 0.717) is 5.75 Å². The molecule has 1 atom stereocenters. The molecule has 4 rings (SSSR count). The van der Waals surface area contributed by atoms with Gasteiger partial charge in [-0.25, -0.2) is 8.78 Å². The number of piperazine rings is 1. The summed E-state index contributed by atoms with van der Waals surface area (Å²) in [6, 6.07) is 16.2. The van der Waals surface area contributed by atoms with E-state index in [4.69, 9.17) is 0 Å². The lowest BCUT2D eigenvalue weighted by atomic mass is 10.0. The Morgan fingerprint density at radius 2 is 1.32 bits per heavy atom. The first kappa shape index (κ1) is 21.6. The van der Waals surface area contributed by atoms with Gasteiger partial charge in [0.05, 0.1) is 5.25 Å². The Balaban J connectivity index is 1.40. The summed E-state index contributed by atoms with van der Waals surface area (Å²) in [6.45, 7) is 4.34. The van der Waals surface area contributed by atoms with E-state index in [1.165, 1.54) is 30.0 Å². The Labute approximate surface area is 184 Å². The predicted octanol–water partition coefficient (Wildman–Crippen LogP) is 4.02. The van der Waals surface area contributed by atoms with Crippen LogP contribution in [-0.4, -0.2) is 52.6 Å². The molecule has 2 heterocycles. The Morgan fingerprint density at radius 3 is 1.84 bits per heavy atom. The van der Waals surface area contributed by atoms with Gasteiger partial charge in [0.1, 0.15) is 11.6 Å². The Kier molecular flexibility index (Phi) is 7.04. The van der Waals surface area contributed by atoms with Crippen molar-refractivity contribution in [3.05, 3.63) is 95.8 Å². The zero-order valence-electron chi connectivity index (χ0n) is 17.2. The van der Waals surface area contributed by atoms with Gasteiger partial charge in [0.2, 0.25) is 0 Å². The lowest BCUT2D eigenvalue weighted by molar-refractivity contribution is 0.272. The highest BCUT2D eigenvalue weighted by Crippen LogP contribution is 2.29. The normalized spacial score (nSPS) is 15.9. The fourth-order valence-corrected chi connectivity index (χ4v) is 5.49. The fraction of sp³-hybridized carbons (Fsp3) is 0.292. The molecule has 1 saturated heterocycles. The van der Waals surface area contributed by atoms with Crippen LogP contribution < -0.4 is 4.90 Å². The summed E-state index contributed by atoms with van der Waals surface area (Å²) in [7, 11) is -1.23. The van der Waals surface area contributed by atoms with Crippen LogP contribution in [-0.2, 0) is 10.8 Å². The quantitative estimate of drug-likeness (QED) is 0.555. The van der Waals surface area contributed by atoms with Crippen LogP contribution in [0.15, 0.2) is 73.1 Å². The molecule has 2 aromatic carbocycles. The standard InChI is InChI=1S/C24H25F2N3OS/c25-21-5-1-19(2-6-21)24(20-3-7-22(26)8-4-20)31(30)18-17-28-13-15-29(16-14-28)23-9-11-27-12-10-23/h1-12,24H,13-18H2. The zero-order chi connectivity index (χ0) is 21.6. The minimum atomic E-state index is -1.23. The van der Waals surface area contributed by atoms with Crippen LogP contribution in [0.1, 0.15) is 16.4 Å². The van der Waals surface area contributed by atoms with Gasteiger partial charge in [0.15, 0.2) is 0 Å². The van der Waals surface area contributed by atoms with Gasteiger partial charge in [-0.15, -0.1) is 0 Å². The molecule has 162 valence electrons. The summed E-state index contributed by atoms with van der Waals surface area (Å²) in [5.41, 5.74) is 2.72. The molecule has 1 aromatic heterocycles. The van der Waals surface area contributed by atoms with Crippen molar-refractivity contribution in [3.63, 3.8) is 0 Å². The van der Waals surface area contributed by atoms with Crippen LogP contribution in [0.25, 0.3) is 0 Å². The molecule has 4 nitrogen and oxygen atoms in total. The monoisotopic (exact) mass is 441 g/mol. The summed E-state index contributed by atoms with van der Waals surface area (Å²) in [5, 5.41) is -0.417. The van der Waals surface area contributed by atoms with E-state index >= 15 is 0 Å². The molecule has 3 aromatic rings. The van der Waals surface area contributed by atoms with Gasteiger partial charge >= 0.3 is 0 Å². The number of benzene rings is 2. The number of rotatable bonds is 7. The van der Waals surface area contributed by atoms with Crippen molar-refractivity contribution in [2.24, 2.45) is 0 Å². The van der Waals surface area contributed by atoms with Crippen molar-refractivity contribution in [2.75, 3.05) is 43.4 Å². The van der Waals surface area contributed by atoms with Crippen molar-refractivity contribution in [1.29, 1.82) is 0 Å². The van der Waals surface area contributed by atoms with E-state index in [1.54, 1.807) is 36.7 Å². The van der Waals surface area contributed by atoms with Crippen molar-refractivity contribution < 1.29 is 13.0 Å². The number of nitrogens with zero attached hydrogens (tertiary/aromatic N) is 3. The summed E-state index contributed by atoms with van der Waals surface area (Å²) >= 11 is 0. The van der Waals surface area contributed by atoms with Crippen LogP contribution in [0.4, 0.5) is 14.5 Å². The van der Waals surface area contributed by atoms with Crippen LogP contribution in [0, 0.1) is 11.6 Å². The number of hydrogen-bond donors (Lipinski definition) is 0. The molecule has 0 spiro atoms. The second kappa shape index (κ2) is 10.1. The molecule has 0 bridgehead atoms. The second-order valence-electron chi connectivity index (χ2n) is 7.60. The van der Waals surface area contributed by atoms with Crippen molar-refractivity contribution in [2.45, 2.75) is 5.25 Å². The van der Waals surface area contributed by atoms with E-state index in [-0.39, 0.29) is 11.6 Å². The molecule has 0 saturated carbocycles. The zero-order valence-corrected chi connectivity index (χ0v) is 18.0. The van der Waals surface area contributed by atoms with E-state index < -0.39 is 16.0 Å². The average Bonchev–Trinajstić information content (AvgIpc) is 2.81. The third-order valence-electron chi connectivity index (χ3n) is 5.62. The molecule has 1 unspecified atom stereocenters. The highest BCUT2D eigenvalue weighted by molar-refractivity contribution is 7.85. The fourth-order valence-electron chi connectivity index (χ4n) is 3.89. The van der Waals surface area contributed by atoms with Crippen molar-refractivity contribution in [1.82, 2.24) is 9.88 Å². The minimum absolute atomic E-state index is 0.334. The van der Waals surface area contributed by atoms with Gasteiger partial charge in [-0.2, -0.15) is 0 Å². The first-order valence-corrected chi connectivity index (χ1v) is 11.7. The molecule has 1 aliphatic rings. The number of halogens is 2. The lowest BCUT2D eigenvalue weighted by Gasteiger charge is -2.36. The second-order valence-corrected chi connectivity index (χ2v) is 9.24. The average molecular weight is 442 g/mol. The molecule has 1 aliphatic heterocycles. The Hall–Kier alpha value is -2.64.